The molecule has 1 saturated heterocycles. The second-order valence-electron chi connectivity index (χ2n) is 4.47. The van der Waals surface area contributed by atoms with E-state index in [0.717, 1.165) is 12.4 Å². The highest BCUT2D eigenvalue weighted by Gasteiger charge is 2.32. The van der Waals surface area contributed by atoms with Crippen molar-refractivity contribution in [2.24, 2.45) is 5.84 Å². The fraction of sp³-hybridized carbons (Fsp3) is 0.600. The number of hydrogen-bond acceptors (Lipinski definition) is 5. The lowest BCUT2D eigenvalue weighted by molar-refractivity contribution is 0.514. The van der Waals surface area contributed by atoms with Crippen LogP contribution in [0.3, 0.4) is 0 Å². The van der Waals surface area contributed by atoms with Crippen molar-refractivity contribution in [3.05, 3.63) is 12.4 Å². The first-order chi connectivity index (χ1) is 7.13. The summed E-state index contributed by atoms with van der Waals surface area (Å²) >= 11 is 0. The Morgan fingerprint density at radius 3 is 2.87 bits per heavy atom. The number of nitrogens with zero attached hydrogens (tertiary/aromatic N) is 3. The Labute approximate surface area is 89.7 Å². The average Bonchev–Trinajstić information content (AvgIpc) is 2.58. The highest BCUT2D eigenvalue weighted by molar-refractivity contribution is 5.50. The molecule has 1 aliphatic rings. The van der Waals surface area contributed by atoms with E-state index < -0.39 is 0 Å². The smallest absolute Gasteiger partial charge is 0.145 e. The molecule has 0 spiro atoms. The van der Waals surface area contributed by atoms with Crippen molar-refractivity contribution in [2.75, 3.05) is 16.9 Å². The second kappa shape index (κ2) is 3.66. The molecule has 1 fully saturated rings. The molecule has 2 rings (SSSR count). The van der Waals surface area contributed by atoms with Crippen LogP contribution in [0.4, 0.5) is 11.6 Å². The van der Waals surface area contributed by atoms with Crippen LogP contribution in [-0.2, 0) is 0 Å². The van der Waals surface area contributed by atoms with Crippen LogP contribution in [0, 0.1) is 0 Å². The number of nitrogen functional groups attached to an aromatic ring is 1. The number of aromatic nitrogens is 2. The molecule has 5 nitrogen and oxygen atoms in total. The first-order valence-electron chi connectivity index (χ1n) is 5.20. The Kier molecular flexibility index (Phi) is 2.48. The Morgan fingerprint density at radius 2 is 2.27 bits per heavy atom. The zero-order valence-electron chi connectivity index (χ0n) is 9.20. The number of nitrogens with one attached hydrogen (secondary N) is 1. The maximum absolute atomic E-state index is 5.33. The van der Waals surface area contributed by atoms with Gasteiger partial charge in [-0.2, -0.15) is 0 Å². The van der Waals surface area contributed by atoms with Crippen LogP contribution >= 0.6 is 0 Å². The van der Waals surface area contributed by atoms with Crippen molar-refractivity contribution in [3.8, 4) is 0 Å². The van der Waals surface area contributed by atoms with Crippen LogP contribution in [0.2, 0.25) is 0 Å². The van der Waals surface area contributed by atoms with Gasteiger partial charge in [-0.3, -0.25) is 0 Å². The molecule has 82 valence electrons. The zero-order chi connectivity index (χ0) is 10.9. The molecule has 2 heterocycles. The van der Waals surface area contributed by atoms with E-state index in [2.05, 4.69) is 34.1 Å². The molecule has 0 amide bonds. The molecule has 5 heteroatoms. The molecule has 1 aliphatic heterocycles. The molecule has 1 aromatic rings. The summed E-state index contributed by atoms with van der Waals surface area (Å²) in [5.41, 5.74) is 2.72. The van der Waals surface area contributed by atoms with Crippen LogP contribution < -0.4 is 16.2 Å². The van der Waals surface area contributed by atoms with E-state index in [-0.39, 0.29) is 5.54 Å². The predicted molar refractivity (Wildman–Crippen MR) is 60.5 cm³/mol. The first-order valence-corrected chi connectivity index (χ1v) is 5.20. The zero-order valence-corrected chi connectivity index (χ0v) is 9.20. The minimum atomic E-state index is 0.181. The molecule has 0 saturated carbocycles. The van der Waals surface area contributed by atoms with Gasteiger partial charge in [0.15, 0.2) is 0 Å². The Bertz CT molecular complexity index is 349. The summed E-state index contributed by atoms with van der Waals surface area (Å²) in [7, 11) is 0. The fourth-order valence-corrected chi connectivity index (χ4v) is 2.11. The normalized spacial score (nSPS) is 19.3. The quantitative estimate of drug-likeness (QED) is 0.562. The van der Waals surface area contributed by atoms with Gasteiger partial charge in [0.1, 0.15) is 18.0 Å². The van der Waals surface area contributed by atoms with Gasteiger partial charge in [0.25, 0.3) is 0 Å². The monoisotopic (exact) mass is 207 g/mol. The molecule has 0 unspecified atom stereocenters. The Morgan fingerprint density at radius 1 is 1.47 bits per heavy atom. The predicted octanol–water partition coefficient (Wildman–Crippen LogP) is 1.14. The van der Waals surface area contributed by atoms with Crippen molar-refractivity contribution in [2.45, 2.75) is 32.2 Å². The van der Waals surface area contributed by atoms with E-state index in [4.69, 9.17) is 5.84 Å². The molecule has 3 N–H and O–H groups in total. The number of anilines is 2. The standard InChI is InChI=1S/C10H17N5/c1-10(2)4-3-5-15(10)9-6-8(14-11)12-7-13-9/h6-7H,3-5,11H2,1-2H3,(H,12,13,14). The molecule has 0 atom stereocenters. The lowest BCUT2D eigenvalue weighted by Gasteiger charge is -2.32. The summed E-state index contributed by atoms with van der Waals surface area (Å²) in [4.78, 5) is 10.6. The Hall–Kier alpha value is -1.36. The molecule has 0 aromatic carbocycles. The van der Waals surface area contributed by atoms with Crippen molar-refractivity contribution < 1.29 is 0 Å². The largest absolute Gasteiger partial charge is 0.351 e. The molecule has 0 radical (unpaired) electrons. The summed E-state index contributed by atoms with van der Waals surface area (Å²) < 4.78 is 0. The van der Waals surface area contributed by atoms with Crippen LogP contribution in [0.15, 0.2) is 12.4 Å². The van der Waals surface area contributed by atoms with Crippen molar-refractivity contribution in [1.82, 2.24) is 9.97 Å². The van der Waals surface area contributed by atoms with Crippen molar-refractivity contribution in [1.29, 1.82) is 0 Å². The Balaban J connectivity index is 2.29. The second-order valence-corrected chi connectivity index (χ2v) is 4.47. The number of rotatable bonds is 2. The third-order valence-corrected chi connectivity index (χ3v) is 2.98. The molecular formula is C10H17N5. The van der Waals surface area contributed by atoms with Gasteiger partial charge in [-0.05, 0) is 26.7 Å². The van der Waals surface area contributed by atoms with Gasteiger partial charge >= 0.3 is 0 Å². The minimum absolute atomic E-state index is 0.181. The molecular weight excluding hydrogens is 190 g/mol. The van der Waals surface area contributed by atoms with Gasteiger partial charge in [-0.15, -0.1) is 0 Å². The van der Waals surface area contributed by atoms with Crippen molar-refractivity contribution in [3.63, 3.8) is 0 Å². The minimum Gasteiger partial charge on any atom is -0.351 e. The summed E-state index contributed by atoms with van der Waals surface area (Å²) in [6, 6.07) is 1.88. The maximum Gasteiger partial charge on any atom is 0.145 e. The van der Waals surface area contributed by atoms with Gasteiger partial charge in [0, 0.05) is 18.2 Å². The number of hydrazine groups is 1. The third kappa shape index (κ3) is 1.87. The van der Waals surface area contributed by atoms with Crippen LogP contribution in [0.5, 0.6) is 0 Å². The lowest BCUT2D eigenvalue weighted by Crippen LogP contribution is -2.38. The van der Waals surface area contributed by atoms with Crippen LogP contribution in [0.1, 0.15) is 26.7 Å². The van der Waals surface area contributed by atoms with E-state index in [0.29, 0.717) is 5.82 Å². The molecule has 1 aromatic heterocycles. The lowest BCUT2D eigenvalue weighted by atomic mass is 10.0. The van der Waals surface area contributed by atoms with Crippen LogP contribution in [0.25, 0.3) is 0 Å². The fourth-order valence-electron chi connectivity index (χ4n) is 2.11. The SMILES string of the molecule is CC1(C)CCCN1c1cc(NN)ncn1. The summed E-state index contributed by atoms with van der Waals surface area (Å²) in [6.07, 6.45) is 3.95. The van der Waals surface area contributed by atoms with Crippen molar-refractivity contribution >= 4 is 11.6 Å². The summed E-state index contributed by atoms with van der Waals surface area (Å²) in [5.74, 6) is 6.93. The highest BCUT2D eigenvalue weighted by Crippen LogP contribution is 2.32. The molecule has 0 bridgehead atoms. The van der Waals surface area contributed by atoms with E-state index >= 15 is 0 Å². The first kappa shape index (κ1) is 10.2. The van der Waals surface area contributed by atoms with E-state index in [1.54, 1.807) is 6.33 Å². The molecule has 15 heavy (non-hydrogen) atoms. The van der Waals surface area contributed by atoms with Gasteiger partial charge in [0.05, 0.1) is 0 Å². The average molecular weight is 207 g/mol. The van der Waals surface area contributed by atoms with Gasteiger partial charge in [-0.25, -0.2) is 15.8 Å². The van der Waals surface area contributed by atoms with Gasteiger partial charge in [-0.1, -0.05) is 0 Å². The van der Waals surface area contributed by atoms with Gasteiger partial charge in [0.2, 0.25) is 0 Å². The van der Waals surface area contributed by atoms with E-state index in [1.165, 1.54) is 12.8 Å². The van der Waals surface area contributed by atoms with E-state index in [1.807, 2.05) is 6.07 Å². The van der Waals surface area contributed by atoms with Crippen LogP contribution in [-0.4, -0.2) is 22.1 Å². The summed E-state index contributed by atoms with van der Waals surface area (Å²) in [6.45, 7) is 5.52. The molecule has 0 aliphatic carbocycles. The van der Waals surface area contributed by atoms with Gasteiger partial charge < -0.3 is 10.3 Å². The number of nitrogens with two attached hydrogens (primary N) is 1. The third-order valence-electron chi connectivity index (χ3n) is 2.98. The highest BCUT2D eigenvalue weighted by atomic mass is 15.3. The number of hydrogen-bond donors (Lipinski definition) is 2. The summed E-state index contributed by atoms with van der Waals surface area (Å²) in [5, 5.41) is 0. The topological polar surface area (TPSA) is 67.1 Å². The van der Waals surface area contributed by atoms with E-state index in [9.17, 15) is 0 Å². The maximum atomic E-state index is 5.33.